The Kier molecular flexibility index (Phi) is 5.73. The predicted octanol–water partition coefficient (Wildman–Crippen LogP) is 4.91. The lowest BCUT2D eigenvalue weighted by Gasteiger charge is -2.12. The lowest BCUT2D eigenvalue weighted by Crippen LogP contribution is -2.12. The maximum absolute atomic E-state index is 12.6. The Balaban J connectivity index is 1.84. The zero-order chi connectivity index (χ0) is 18.5. The van der Waals surface area contributed by atoms with Crippen molar-refractivity contribution in [2.24, 2.45) is 0 Å². The number of para-hydroxylation sites is 1. The molecule has 3 aromatic rings. The molecule has 0 saturated heterocycles. The van der Waals surface area contributed by atoms with Gasteiger partial charge in [0.05, 0.1) is 23.4 Å². The van der Waals surface area contributed by atoms with Gasteiger partial charge in [0.15, 0.2) is 16.6 Å². The molecule has 1 heterocycles. The molecule has 0 aliphatic carbocycles. The van der Waals surface area contributed by atoms with Gasteiger partial charge in [0.25, 0.3) is 5.91 Å². The highest BCUT2D eigenvalue weighted by Crippen LogP contribution is 2.31. The van der Waals surface area contributed by atoms with E-state index in [0.29, 0.717) is 35.4 Å². The topological polar surface area (TPSA) is 60.5 Å². The highest BCUT2D eigenvalue weighted by atomic mass is 32.1. The fraction of sp³-hybridized carbons (Fsp3) is 0.300. The van der Waals surface area contributed by atoms with Crippen LogP contribution in [0.1, 0.15) is 36.7 Å². The van der Waals surface area contributed by atoms with Gasteiger partial charge in [-0.25, -0.2) is 4.98 Å². The highest BCUT2D eigenvalue weighted by molar-refractivity contribution is 7.22. The summed E-state index contributed by atoms with van der Waals surface area (Å²) in [4.78, 5) is 17.2. The van der Waals surface area contributed by atoms with Crippen LogP contribution in [-0.2, 0) is 6.42 Å². The molecule has 0 aliphatic heterocycles. The number of fused-ring (bicyclic) bond motifs is 1. The zero-order valence-electron chi connectivity index (χ0n) is 15.2. The van der Waals surface area contributed by atoms with Gasteiger partial charge in [-0.3, -0.25) is 10.1 Å². The van der Waals surface area contributed by atoms with E-state index in [1.807, 2.05) is 26.0 Å². The number of anilines is 1. The number of thiazole rings is 1. The number of hydrogen-bond acceptors (Lipinski definition) is 5. The second-order valence-electron chi connectivity index (χ2n) is 5.62. The van der Waals surface area contributed by atoms with Gasteiger partial charge in [-0.15, -0.1) is 0 Å². The maximum atomic E-state index is 12.6. The Morgan fingerprint density at radius 1 is 1.08 bits per heavy atom. The number of amides is 1. The standard InChI is InChI=1S/C20H22N2O3S/c1-4-13-8-7-9-17-18(13)21-20(26-17)22-19(23)14-10-11-15(24-5-2)16(12-14)25-6-3/h7-12H,4-6H2,1-3H3,(H,21,22,23). The third-order valence-electron chi connectivity index (χ3n) is 3.91. The number of aryl methyl sites for hydroxylation is 1. The molecule has 26 heavy (non-hydrogen) atoms. The Hall–Kier alpha value is -2.60. The predicted molar refractivity (Wildman–Crippen MR) is 106 cm³/mol. The van der Waals surface area contributed by atoms with Crippen LogP contribution in [0.3, 0.4) is 0 Å². The molecule has 0 bridgehead atoms. The quantitative estimate of drug-likeness (QED) is 0.642. The van der Waals surface area contributed by atoms with E-state index in [1.165, 1.54) is 16.9 Å². The van der Waals surface area contributed by atoms with Crippen LogP contribution in [0.15, 0.2) is 36.4 Å². The molecule has 5 nitrogen and oxygen atoms in total. The van der Waals surface area contributed by atoms with Crippen LogP contribution in [0.25, 0.3) is 10.2 Å². The number of carbonyl (C=O) groups excluding carboxylic acids is 1. The van der Waals surface area contributed by atoms with Crippen LogP contribution in [0, 0.1) is 0 Å². The van der Waals surface area contributed by atoms with Gasteiger partial charge in [0.1, 0.15) is 0 Å². The molecule has 6 heteroatoms. The number of ether oxygens (including phenoxy) is 2. The highest BCUT2D eigenvalue weighted by Gasteiger charge is 2.14. The van der Waals surface area contributed by atoms with Crippen molar-refractivity contribution in [3.63, 3.8) is 0 Å². The van der Waals surface area contributed by atoms with Crippen LogP contribution in [0.5, 0.6) is 11.5 Å². The molecule has 0 unspecified atom stereocenters. The van der Waals surface area contributed by atoms with Crippen molar-refractivity contribution >= 4 is 32.6 Å². The molecule has 0 saturated carbocycles. The Labute approximate surface area is 157 Å². The maximum Gasteiger partial charge on any atom is 0.257 e. The number of carbonyl (C=O) groups is 1. The molecule has 1 aromatic heterocycles. The van der Waals surface area contributed by atoms with Crippen molar-refractivity contribution in [3.8, 4) is 11.5 Å². The lowest BCUT2D eigenvalue weighted by atomic mass is 10.1. The summed E-state index contributed by atoms with van der Waals surface area (Å²) in [6.07, 6.45) is 0.908. The second-order valence-corrected chi connectivity index (χ2v) is 6.65. The third-order valence-corrected chi connectivity index (χ3v) is 4.85. The minimum Gasteiger partial charge on any atom is -0.490 e. The molecular weight excluding hydrogens is 348 g/mol. The first kappa shape index (κ1) is 18.2. The number of nitrogens with one attached hydrogen (secondary N) is 1. The van der Waals surface area contributed by atoms with Crippen molar-refractivity contribution in [1.82, 2.24) is 4.98 Å². The Morgan fingerprint density at radius 3 is 2.58 bits per heavy atom. The summed E-state index contributed by atoms with van der Waals surface area (Å²) >= 11 is 1.48. The van der Waals surface area contributed by atoms with Crippen molar-refractivity contribution in [3.05, 3.63) is 47.5 Å². The minimum atomic E-state index is -0.217. The minimum absolute atomic E-state index is 0.217. The SMILES string of the molecule is CCOc1ccc(C(=O)Nc2nc3c(CC)cccc3s2)cc1OCC. The molecule has 0 aliphatic rings. The smallest absolute Gasteiger partial charge is 0.257 e. The molecule has 2 aromatic carbocycles. The fourth-order valence-electron chi connectivity index (χ4n) is 2.71. The Morgan fingerprint density at radius 2 is 1.85 bits per heavy atom. The first-order valence-electron chi connectivity index (χ1n) is 8.75. The summed E-state index contributed by atoms with van der Waals surface area (Å²) in [7, 11) is 0. The average molecular weight is 370 g/mol. The summed E-state index contributed by atoms with van der Waals surface area (Å²) < 4.78 is 12.2. The van der Waals surface area contributed by atoms with Gasteiger partial charge < -0.3 is 9.47 Å². The van der Waals surface area contributed by atoms with Crippen LogP contribution in [0.2, 0.25) is 0 Å². The van der Waals surface area contributed by atoms with E-state index in [9.17, 15) is 4.79 Å². The number of benzene rings is 2. The molecule has 0 atom stereocenters. The van der Waals surface area contributed by atoms with E-state index in [-0.39, 0.29) is 5.91 Å². The lowest BCUT2D eigenvalue weighted by molar-refractivity contribution is 0.102. The normalized spacial score (nSPS) is 10.7. The fourth-order valence-corrected chi connectivity index (χ4v) is 3.61. The molecule has 0 radical (unpaired) electrons. The number of rotatable bonds is 7. The summed E-state index contributed by atoms with van der Waals surface area (Å²) in [5.74, 6) is 0.990. The summed E-state index contributed by atoms with van der Waals surface area (Å²) in [5, 5.41) is 3.49. The Bertz CT molecular complexity index is 921. The van der Waals surface area contributed by atoms with Crippen molar-refractivity contribution in [2.75, 3.05) is 18.5 Å². The van der Waals surface area contributed by atoms with E-state index in [1.54, 1.807) is 18.2 Å². The van der Waals surface area contributed by atoms with Crippen LogP contribution < -0.4 is 14.8 Å². The molecule has 0 spiro atoms. The summed E-state index contributed by atoms with van der Waals surface area (Å²) in [6.45, 7) is 6.95. The van der Waals surface area contributed by atoms with Gasteiger partial charge in [-0.2, -0.15) is 0 Å². The molecular formula is C20H22N2O3S. The molecule has 0 fully saturated rings. The van der Waals surface area contributed by atoms with E-state index in [4.69, 9.17) is 9.47 Å². The van der Waals surface area contributed by atoms with Gasteiger partial charge in [-0.1, -0.05) is 30.4 Å². The first-order chi connectivity index (χ1) is 12.7. The number of hydrogen-bond donors (Lipinski definition) is 1. The monoisotopic (exact) mass is 370 g/mol. The van der Waals surface area contributed by atoms with Gasteiger partial charge in [0.2, 0.25) is 0 Å². The molecule has 136 valence electrons. The van der Waals surface area contributed by atoms with Crippen molar-refractivity contribution < 1.29 is 14.3 Å². The number of aromatic nitrogens is 1. The van der Waals surface area contributed by atoms with Crippen molar-refractivity contribution in [1.29, 1.82) is 0 Å². The van der Waals surface area contributed by atoms with Gasteiger partial charge in [0, 0.05) is 5.56 Å². The van der Waals surface area contributed by atoms with Crippen LogP contribution >= 0.6 is 11.3 Å². The van der Waals surface area contributed by atoms with E-state index < -0.39 is 0 Å². The zero-order valence-corrected chi connectivity index (χ0v) is 16.0. The van der Waals surface area contributed by atoms with Gasteiger partial charge >= 0.3 is 0 Å². The van der Waals surface area contributed by atoms with E-state index in [0.717, 1.165) is 16.6 Å². The van der Waals surface area contributed by atoms with E-state index >= 15 is 0 Å². The largest absolute Gasteiger partial charge is 0.490 e. The first-order valence-corrected chi connectivity index (χ1v) is 9.57. The molecule has 3 rings (SSSR count). The third kappa shape index (κ3) is 3.80. The average Bonchev–Trinajstić information content (AvgIpc) is 3.05. The summed E-state index contributed by atoms with van der Waals surface area (Å²) in [6, 6.07) is 11.3. The summed E-state index contributed by atoms with van der Waals surface area (Å²) in [5.41, 5.74) is 2.64. The number of nitrogens with zero attached hydrogens (tertiary/aromatic N) is 1. The van der Waals surface area contributed by atoms with Crippen LogP contribution in [-0.4, -0.2) is 24.1 Å². The van der Waals surface area contributed by atoms with E-state index in [2.05, 4.69) is 23.3 Å². The van der Waals surface area contributed by atoms with Crippen LogP contribution in [0.4, 0.5) is 5.13 Å². The molecule has 1 amide bonds. The van der Waals surface area contributed by atoms with Gasteiger partial charge in [-0.05, 0) is 50.1 Å². The van der Waals surface area contributed by atoms with Crippen molar-refractivity contribution in [2.45, 2.75) is 27.2 Å². The molecule has 1 N–H and O–H groups in total. The second kappa shape index (κ2) is 8.19.